The second-order valence-electron chi connectivity index (χ2n) is 6.90. The predicted molar refractivity (Wildman–Crippen MR) is 118 cm³/mol. The Bertz CT molecular complexity index is 1280. The van der Waals surface area contributed by atoms with E-state index in [9.17, 15) is 9.59 Å². The molecule has 2 aromatic heterocycles. The van der Waals surface area contributed by atoms with Gasteiger partial charge in [0.2, 0.25) is 0 Å². The predicted octanol–water partition coefficient (Wildman–Crippen LogP) is 3.60. The van der Waals surface area contributed by atoms with E-state index < -0.39 is 0 Å². The number of carbonyl (C=O) groups excluding carboxylic acids is 1. The van der Waals surface area contributed by atoms with Gasteiger partial charge in [-0.05, 0) is 42.8 Å². The first kappa shape index (κ1) is 20.2. The van der Waals surface area contributed by atoms with Gasteiger partial charge in [-0.3, -0.25) is 14.0 Å². The topological polar surface area (TPSA) is 81.9 Å². The highest BCUT2D eigenvalue weighted by molar-refractivity contribution is 5.93. The molecule has 0 unspecified atom stereocenters. The van der Waals surface area contributed by atoms with E-state index in [0.29, 0.717) is 28.5 Å². The number of pyridine rings is 1. The summed E-state index contributed by atoms with van der Waals surface area (Å²) in [4.78, 5) is 29.0. The smallest absolute Gasteiger partial charge is 0.262 e. The van der Waals surface area contributed by atoms with Crippen LogP contribution in [0.5, 0.6) is 11.5 Å². The van der Waals surface area contributed by atoms with Crippen LogP contribution in [0.4, 0.5) is 5.69 Å². The molecule has 2 heterocycles. The minimum Gasteiger partial charge on any atom is -0.485 e. The summed E-state index contributed by atoms with van der Waals surface area (Å²) in [7, 11) is 0. The van der Waals surface area contributed by atoms with E-state index in [1.807, 2.05) is 37.3 Å². The van der Waals surface area contributed by atoms with Crippen molar-refractivity contribution in [3.05, 3.63) is 101 Å². The summed E-state index contributed by atoms with van der Waals surface area (Å²) in [5.41, 5.74) is 2.33. The first-order valence-electron chi connectivity index (χ1n) is 9.77. The first-order valence-corrected chi connectivity index (χ1v) is 9.77. The molecule has 0 saturated heterocycles. The maximum atomic E-state index is 12.4. The molecule has 4 aromatic rings. The Labute approximate surface area is 178 Å². The van der Waals surface area contributed by atoms with E-state index >= 15 is 0 Å². The van der Waals surface area contributed by atoms with Crippen LogP contribution in [0.15, 0.2) is 83.8 Å². The van der Waals surface area contributed by atoms with Crippen LogP contribution in [0.3, 0.4) is 0 Å². The van der Waals surface area contributed by atoms with Crippen molar-refractivity contribution in [1.29, 1.82) is 0 Å². The van der Waals surface area contributed by atoms with Crippen LogP contribution in [-0.2, 0) is 11.4 Å². The lowest BCUT2D eigenvalue weighted by molar-refractivity contribution is -0.118. The van der Waals surface area contributed by atoms with Crippen molar-refractivity contribution in [1.82, 2.24) is 9.38 Å². The van der Waals surface area contributed by atoms with E-state index in [2.05, 4.69) is 10.3 Å². The van der Waals surface area contributed by atoms with Gasteiger partial charge in [0.15, 0.2) is 6.61 Å². The summed E-state index contributed by atoms with van der Waals surface area (Å²) in [5.74, 6) is 0.832. The molecule has 0 atom stereocenters. The third-order valence-electron chi connectivity index (χ3n) is 4.61. The number of hydrogen-bond donors (Lipinski definition) is 1. The quantitative estimate of drug-likeness (QED) is 0.499. The summed E-state index contributed by atoms with van der Waals surface area (Å²) in [6, 6.07) is 21.4. The molecule has 4 rings (SSSR count). The molecule has 0 aliphatic rings. The van der Waals surface area contributed by atoms with Crippen LogP contribution >= 0.6 is 0 Å². The summed E-state index contributed by atoms with van der Waals surface area (Å²) >= 11 is 0. The van der Waals surface area contributed by atoms with Crippen LogP contribution in [-0.4, -0.2) is 21.9 Å². The molecular weight excluding hydrogens is 394 g/mol. The Kier molecular flexibility index (Phi) is 5.93. The number of ether oxygens (including phenoxy) is 2. The Morgan fingerprint density at radius 1 is 0.968 bits per heavy atom. The Balaban J connectivity index is 1.42. The van der Waals surface area contributed by atoms with Crippen molar-refractivity contribution < 1.29 is 14.3 Å². The monoisotopic (exact) mass is 415 g/mol. The zero-order chi connectivity index (χ0) is 21.6. The van der Waals surface area contributed by atoms with Gasteiger partial charge in [-0.15, -0.1) is 0 Å². The number of nitrogens with zero attached hydrogens (tertiary/aromatic N) is 2. The molecule has 0 aliphatic heterocycles. The summed E-state index contributed by atoms with van der Waals surface area (Å²) < 4.78 is 12.9. The number of carbonyl (C=O) groups is 1. The second kappa shape index (κ2) is 9.13. The molecule has 0 radical (unpaired) electrons. The molecule has 0 aliphatic carbocycles. The molecule has 0 bridgehead atoms. The minimum atomic E-state index is -0.304. The van der Waals surface area contributed by atoms with Crippen molar-refractivity contribution in [2.75, 3.05) is 11.9 Å². The number of benzene rings is 2. The molecule has 0 saturated carbocycles. The molecule has 31 heavy (non-hydrogen) atoms. The van der Waals surface area contributed by atoms with Gasteiger partial charge >= 0.3 is 0 Å². The summed E-state index contributed by atoms with van der Waals surface area (Å²) in [5, 5.41) is 2.80. The maximum Gasteiger partial charge on any atom is 0.262 e. The molecule has 1 amide bonds. The third-order valence-corrected chi connectivity index (χ3v) is 4.61. The molecule has 1 N–H and O–H groups in total. The Morgan fingerprint density at radius 2 is 1.71 bits per heavy atom. The van der Waals surface area contributed by atoms with Gasteiger partial charge in [0.1, 0.15) is 23.8 Å². The van der Waals surface area contributed by atoms with E-state index in [1.54, 1.807) is 42.6 Å². The molecule has 0 spiro atoms. The van der Waals surface area contributed by atoms with E-state index in [0.717, 1.165) is 5.56 Å². The van der Waals surface area contributed by atoms with Crippen molar-refractivity contribution in [2.45, 2.75) is 13.5 Å². The number of para-hydroxylation sites is 3. The Hall–Kier alpha value is -4.13. The minimum absolute atomic E-state index is 0.0905. The zero-order valence-corrected chi connectivity index (χ0v) is 16.9. The highest BCUT2D eigenvalue weighted by Gasteiger charge is 2.10. The molecule has 0 fully saturated rings. The number of aryl methyl sites for hydroxylation is 1. The van der Waals surface area contributed by atoms with Gasteiger partial charge in [0, 0.05) is 12.3 Å². The third kappa shape index (κ3) is 4.90. The van der Waals surface area contributed by atoms with E-state index in [4.69, 9.17) is 9.47 Å². The highest BCUT2D eigenvalue weighted by Crippen LogP contribution is 2.24. The fourth-order valence-electron chi connectivity index (χ4n) is 3.07. The van der Waals surface area contributed by atoms with Crippen LogP contribution < -0.4 is 20.3 Å². The van der Waals surface area contributed by atoms with E-state index in [-0.39, 0.29) is 24.7 Å². The lowest BCUT2D eigenvalue weighted by Crippen LogP contribution is -2.21. The number of rotatable bonds is 7. The average Bonchev–Trinajstić information content (AvgIpc) is 2.78. The molecular formula is C24H21N3O4. The number of aromatic nitrogens is 2. The van der Waals surface area contributed by atoms with Crippen molar-refractivity contribution >= 4 is 17.2 Å². The van der Waals surface area contributed by atoms with Gasteiger partial charge in [0.05, 0.1) is 11.4 Å². The Morgan fingerprint density at radius 3 is 2.55 bits per heavy atom. The standard InChI is InChI=1S/C24H21N3O4/c1-17-8-2-4-10-20(17)31-16-23(28)26-19-9-3-5-11-21(19)30-15-18-14-24(29)27-13-7-6-12-22(27)25-18/h2-14H,15-16H2,1H3,(H,26,28). The number of amides is 1. The second-order valence-corrected chi connectivity index (χ2v) is 6.90. The van der Waals surface area contributed by atoms with Crippen LogP contribution in [0.1, 0.15) is 11.3 Å². The van der Waals surface area contributed by atoms with Crippen molar-refractivity contribution in [3.63, 3.8) is 0 Å². The fourth-order valence-corrected chi connectivity index (χ4v) is 3.07. The normalized spacial score (nSPS) is 10.6. The lowest BCUT2D eigenvalue weighted by atomic mass is 10.2. The number of anilines is 1. The van der Waals surface area contributed by atoms with Crippen molar-refractivity contribution in [2.24, 2.45) is 0 Å². The molecule has 156 valence electrons. The number of hydrogen-bond acceptors (Lipinski definition) is 5. The van der Waals surface area contributed by atoms with Gasteiger partial charge < -0.3 is 14.8 Å². The first-order chi connectivity index (χ1) is 15.1. The molecule has 2 aromatic carbocycles. The van der Waals surface area contributed by atoms with Gasteiger partial charge in [0.25, 0.3) is 11.5 Å². The van der Waals surface area contributed by atoms with E-state index in [1.165, 1.54) is 10.5 Å². The van der Waals surface area contributed by atoms with Gasteiger partial charge in [-0.2, -0.15) is 0 Å². The van der Waals surface area contributed by atoms with Crippen LogP contribution in [0.2, 0.25) is 0 Å². The van der Waals surface area contributed by atoms with Crippen LogP contribution in [0, 0.1) is 6.92 Å². The van der Waals surface area contributed by atoms with Crippen molar-refractivity contribution in [3.8, 4) is 11.5 Å². The molecule has 7 nitrogen and oxygen atoms in total. The van der Waals surface area contributed by atoms with Gasteiger partial charge in [-0.25, -0.2) is 4.98 Å². The summed E-state index contributed by atoms with van der Waals surface area (Å²) in [6.07, 6.45) is 1.67. The zero-order valence-electron chi connectivity index (χ0n) is 16.9. The van der Waals surface area contributed by atoms with Gasteiger partial charge in [-0.1, -0.05) is 36.4 Å². The average molecular weight is 415 g/mol. The van der Waals surface area contributed by atoms with Crippen LogP contribution in [0.25, 0.3) is 5.65 Å². The lowest BCUT2D eigenvalue weighted by Gasteiger charge is -2.13. The number of fused-ring (bicyclic) bond motifs is 1. The largest absolute Gasteiger partial charge is 0.485 e. The molecule has 7 heteroatoms. The number of nitrogens with one attached hydrogen (secondary N) is 1. The fraction of sp³-hybridized carbons (Fsp3) is 0.125. The maximum absolute atomic E-state index is 12.4. The highest BCUT2D eigenvalue weighted by atomic mass is 16.5. The summed E-state index contributed by atoms with van der Waals surface area (Å²) in [6.45, 7) is 1.89. The SMILES string of the molecule is Cc1ccccc1OCC(=O)Nc1ccccc1OCc1cc(=O)n2ccccc2n1.